The van der Waals surface area contributed by atoms with Crippen LogP contribution in [0.5, 0.6) is 0 Å². The van der Waals surface area contributed by atoms with E-state index in [9.17, 15) is 9.59 Å². The number of aromatic nitrogens is 2. The molecule has 27 heavy (non-hydrogen) atoms. The van der Waals surface area contributed by atoms with Gasteiger partial charge in [0.05, 0.1) is 10.6 Å². The summed E-state index contributed by atoms with van der Waals surface area (Å²) in [5.74, 6) is -0.576. The van der Waals surface area contributed by atoms with E-state index in [0.717, 1.165) is 10.6 Å². The van der Waals surface area contributed by atoms with Gasteiger partial charge in [-0.25, -0.2) is 9.48 Å². The highest BCUT2D eigenvalue weighted by Gasteiger charge is 2.20. The Morgan fingerprint density at radius 3 is 2.63 bits per heavy atom. The summed E-state index contributed by atoms with van der Waals surface area (Å²) in [5.41, 5.74) is 1.71. The van der Waals surface area contributed by atoms with E-state index in [1.54, 1.807) is 22.1 Å². The van der Waals surface area contributed by atoms with E-state index >= 15 is 0 Å². The van der Waals surface area contributed by atoms with Crippen molar-refractivity contribution >= 4 is 23.2 Å². The summed E-state index contributed by atoms with van der Waals surface area (Å²) in [6, 6.07) is 14.9. The first-order chi connectivity index (χ1) is 13.0. The molecule has 1 N–H and O–H groups in total. The van der Waals surface area contributed by atoms with Crippen molar-refractivity contribution in [2.24, 2.45) is 5.92 Å². The summed E-state index contributed by atoms with van der Waals surface area (Å²) in [5, 5.41) is 9.23. The zero-order valence-electron chi connectivity index (χ0n) is 15.2. The Morgan fingerprint density at radius 1 is 1.19 bits per heavy atom. The van der Waals surface area contributed by atoms with Gasteiger partial charge < -0.3 is 10.1 Å². The largest absolute Gasteiger partial charge is 0.451 e. The van der Waals surface area contributed by atoms with Crippen LogP contribution in [0.4, 0.5) is 0 Å². The lowest BCUT2D eigenvalue weighted by Crippen LogP contribution is -2.31. The SMILES string of the molecule is CC(C)CNC(=O)COC(=O)c1cc(-c2cccs2)nn1-c1ccccc1. The Bertz CT molecular complexity index is 902. The monoisotopic (exact) mass is 383 g/mol. The molecule has 0 aliphatic carbocycles. The number of benzene rings is 1. The molecule has 0 saturated heterocycles. The number of hydrogen-bond acceptors (Lipinski definition) is 5. The first kappa shape index (κ1) is 18.8. The summed E-state index contributed by atoms with van der Waals surface area (Å²) < 4.78 is 6.75. The minimum absolute atomic E-state index is 0.279. The predicted octanol–water partition coefficient (Wildman–Crippen LogP) is 3.53. The van der Waals surface area contributed by atoms with Gasteiger partial charge in [-0.2, -0.15) is 5.10 Å². The minimum Gasteiger partial charge on any atom is -0.451 e. The maximum absolute atomic E-state index is 12.6. The average molecular weight is 383 g/mol. The number of esters is 1. The number of thiophene rings is 1. The molecule has 3 rings (SSSR count). The van der Waals surface area contributed by atoms with Crippen molar-refractivity contribution in [3.63, 3.8) is 0 Å². The van der Waals surface area contributed by atoms with Crippen LogP contribution in [0.15, 0.2) is 53.9 Å². The van der Waals surface area contributed by atoms with Crippen LogP contribution in [0.1, 0.15) is 24.3 Å². The number of nitrogens with zero attached hydrogens (tertiary/aromatic N) is 2. The van der Waals surface area contributed by atoms with Crippen LogP contribution in [0.25, 0.3) is 16.3 Å². The first-order valence-electron chi connectivity index (χ1n) is 8.68. The molecular weight excluding hydrogens is 362 g/mol. The lowest BCUT2D eigenvalue weighted by Gasteiger charge is -2.09. The van der Waals surface area contributed by atoms with Crippen LogP contribution in [0.2, 0.25) is 0 Å². The molecule has 0 unspecified atom stereocenters. The van der Waals surface area contributed by atoms with Gasteiger partial charge in [0.25, 0.3) is 5.91 Å². The van der Waals surface area contributed by atoms with E-state index in [2.05, 4.69) is 10.4 Å². The third-order valence-electron chi connectivity index (χ3n) is 3.73. The second-order valence-corrected chi connectivity index (χ2v) is 7.36. The molecule has 140 valence electrons. The normalized spacial score (nSPS) is 10.8. The fourth-order valence-corrected chi connectivity index (χ4v) is 3.09. The summed E-state index contributed by atoms with van der Waals surface area (Å²) in [6.07, 6.45) is 0. The van der Waals surface area contributed by atoms with E-state index in [4.69, 9.17) is 4.74 Å². The zero-order chi connectivity index (χ0) is 19.2. The van der Waals surface area contributed by atoms with Crippen LogP contribution in [0.3, 0.4) is 0 Å². The van der Waals surface area contributed by atoms with Gasteiger partial charge in [0, 0.05) is 12.6 Å². The number of para-hydroxylation sites is 1. The number of hydrogen-bond donors (Lipinski definition) is 1. The maximum Gasteiger partial charge on any atom is 0.357 e. The second kappa shape index (κ2) is 8.64. The zero-order valence-corrected chi connectivity index (χ0v) is 16.0. The van der Waals surface area contributed by atoms with Gasteiger partial charge in [0.15, 0.2) is 12.3 Å². The Hall–Kier alpha value is -2.93. The van der Waals surface area contributed by atoms with Gasteiger partial charge in [-0.15, -0.1) is 11.3 Å². The molecule has 1 aromatic carbocycles. The number of rotatable bonds is 7. The molecule has 2 heterocycles. The second-order valence-electron chi connectivity index (χ2n) is 6.41. The summed E-state index contributed by atoms with van der Waals surface area (Å²) >= 11 is 1.54. The number of nitrogens with one attached hydrogen (secondary N) is 1. The third-order valence-corrected chi connectivity index (χ3v) is 4.63. The van der Waals surface area contributed by atoms with Crippen LogP contribution < -0.4 is 5.32 Å². The Kier molecular flexibility index (Phi) is 6.03. The van der Waals surface area contributed by atoms with Gasteiger partial charge in [-0.3, -0.25) is 4.79 Å². The third kappa shape index (κ3) is 4.83. The lowest BCUT2D eigenvalue weighted by atomic mass is 10.2. The van der Waals surface area contributed by atoms with Crippen LogP contribution in [-0.2, 0) is 9.53 Å². The van der Waals surface area contributed by atoms with Gasteiger partial charge in [-0.05, 0) is 29.5 Å². The standard InChI is InChI=1S/C20H21N3O3S/c1-14(2)12-21-19(24)13-26-20(25)17-11-16(18-9-6-10-27-18)22-23(17)15-7-4-3-5-8-15/h3-11,14H,12-13H2,1-2H3,(H,21,24). The molecular formula is C20H21N3O3S. The summed E-state index contributed by atoms with van der Waals surface area (Å²) in [6.45, 7) is 4.22. The Balaban J connectivity index is 1.80. The van der Waals surface area contributed by atoms with E-state index in [0.29, 0.717) is 18.2 Å². The van der Waals surface area contributed by atoms with Crippen LogP contribution >= 0.6 is 11.3 Å². The Labute approximate surface area is 161 Å². The molecule has 0 bridgehead atoms. The smallest absolute Gasteiger partial charge is 0.357 e. The first-order valence-corrected chi connectivity index (χ1v) is 9.55. The number of carbonyl (C=O) groups is 2. The van der Waals surface area contributed by atoms with E-state index in [-0.39, 0.29) is 18.2 Å². The summed E-state index contributed by atoms with van der Waals surface area (Å²) in [4.78, 5) is 25.4. The van der Waals surface area contributed by atoms with Crippen LogP contribution in [0, 0.1) is 5.92 Å². The van der Waals surface area contributed by atoms with Crippen molar-refractivity contribution in [1.82, 2.24) is 15.1 Å². The molecule has 1 amide bonds. The van der Waals surface area contributed by atoms with Crippen LogP contribution in [-0.4, -0.2) is 34.8 Å². The molecule has 0 fully saturated rings. The highest BCUT2D eigenvalue weighted by molar-refractivity contribution is 7.13. The number of amides is 1. The topological polar surface area (TPSA) is 73.2 Å². The average Bonchev–Trinajstić information content (AvgIpc) is 3.34. The fourth-order valence-electron chi connectivity index (χ4n) is 2.41. The van der Waals surface area contributed by atoms with Gasteiger partial charge >= 0.3 is 5.97 Å². The summed E-state index contributed by atoms with van der Waals surface area (Å²) in [7, 11) is 0. The van der Waals surface area contributed by atoms with Crippen molar-refractivity contribution in [3.8, 4) is 16.3 Å². The van der Waals surface area contributed by atoms with E-state index < -0.39 is 5.97 Å². The van der Waals surface area contributed by atoms with Gasteiger partial charge in [-0.1, -0.05) is 38.1 Å². The highest BCUT2D eigenvalue weighted by Crippen LogP contribution is 2.26. The van der Waals surface area contributed by atoms with Crippen molar-refractivity contribution in [2.75, 3.05) is 13.2 Å². The lowest BCUT2D eigenvalue weighted by molar-refractivity contribution is -0.124. The van der Waals surface area contributed by atoms with Gasteiger partial charge in [0.2, 0.25) is 0 Å². The maximum atomic E-state index is 12.6. The highest BCUT2D eigenvalue weighted by atomic mass is 32.1. The molecule has 2 aromatic heterocycles. The molecule has 0 aliphatic heterocycles. The molecule has 0 saturated carbocycles. The molecule has 0 aliphatic rings. The molecule has 0 spiro atoms. The Morgan fingerprint density at radius 2 is 1.96 bits per heavy atom. The fraction of sp³-hybridized carbons (Fsp3) is 0.250. The predicted molar refractivity (Wildman–Crippen MR) is 105 cm³/mol. The molecule has 0 radical (unpaired) electrons. The quantitative estimate of drug-likeness (QED) is 0.634. The van der Waals surface area contributed by atoms with Gasteiger partial charge in [0.1, 0.15) is 5.69 Å². The van der Waals surface area contributed by atoms with Crippen molar-refractivity contribution in [3.05, 3.63) is 59.6 Å². The molecule has 6 nitrogen and oxygen atoms in total. The molecule has 7 heteroatoms. The number of carbonyl (C=O) groups excluding carboxylic acids is 2. The minimum atomic E-state index is -0.589. The van der Waals surface area contributed by atoms with Crippen molar-refractivity contribution in [2.45, 2.75) is 13.8 Å². The molecule has 3 aromatic rings. The van der Waals surface area contributed by atoms with Crippen molar-refractivity contribution in [1.29, 1.82) is 0 Å². The van der Waals surface area contributed by atoms with Crippen molar-refractivity contribution < 1.29 is 14.3 Å². The molecule has 0 atom stereocenters. The van der Waals surface area contributed by atoms with E-state index in [1.165, 1.54) is 0 Å². The number of ether oxygens (including phenoxy) is 1. The van der Waals surface area contributed by atoms with E-state index in [1.807, 2.05) is 61.7 Å².